The molecule has 1 aromatic carbocycles. The predicted octanol–water partition coefficient (Wildman–Crippen LogP) is 3.43. The van der Waals surface area contributed by atoms with Crippen molar-refractivity contribution < 1.29 is 4.79 Å². The minimum atomic E-state index is 0.118. The van der Waals surface area contributed by atoms with Crippen molar-refractivity contribution in [2.24, 2.45) is 5.92 Å². The highest BCUT2D eigenvalue weighted by molar-refractivity contribution is 9.10. The zero-order valence-electron chi connectivity index (χ0n) is 11.1. The number of hydrogen-bond donors (Lipinski definition) is 1. The van der Waals surface area contributed by atoms with Crippen LogP contribution in [0.25, 0.3) is 0 Å². The maximum atomic E-state index is 12.0. The van der Waals surface area contributed by atoms with E-state index in [4.69, 9.17) is 0 Å². The van der Waals surface area contributed by atoms with Gasteiger partial charge in [0.15, 0.2) is 0 Å². The second-order valence-electron chi connectivity index (χ2n) is 5.12. The van der Waals surface area contributed by atoms with Crippen molar-refractivity contribution in [3.8, 4) is 0 Å². The van der Waals surface area contributed by atoms with Crippen LogP contribution < -0.4 is 5.32 Å². The number of benzene rings is 1. The number of hydrogen-bond acceptors (Lipinski definition) is 2. The summed E-state index contributed by atoms with van der Waals surface area (Å²) < 4.78 is 2.86. The van der Waals surface area contributed by atoms with Crippen molar-refractivity contribution in [3.05, 3.63) is 46.6 Å². The molecule has 1 fully saturated rings. The molecule has 0 saturated heterocycles. The first-order valence-corrected chi connectivity index (χ1v) is 7.59. The lowest BCUT2D eigenvalue weighted by molar-refractivity contribution is -0.122. The van der Waals surface area contributed by atoms with E-state index in [-0.39, 0.29) is 11.8 Å². The van der Waals surface area contributed by atoms with E-state index in [1.54, 1.807) is 6.20 Å². The Bertz CT molecular complexity index is 619. The van der Waals surface area contributed by atoms with E-state index in [0.29, 0.717) is 6.54 Å². The number of rotatable bonds is 4. The van der Waals surface area contributed by atoms with Crippen LogP contribution in [-0.4, -0.2) is 15.7 Å². The molecule has 4 nitrogen and oxygen atoms in total. The first-order valence-electron chi connectivity index (χ1n) is 6.79. The van der Waals surface area contributed by atoms with E-state index in [9.17, 15) is 4.79 Å². The van der Waals surface area contributed by atoms with Crippen molar-refractivity contribution >= 4 is 27.7 Å². The van der Waals surface area contributed by atoms with Crippen molar-refractivity contribution in [2.45, 2.75) is 25.8 Å². The Morgan fingerprint density at radius 3 is 2.95 bits per heavy atom. The topological polar surface area (TPSA) is 46.9 Å². The maximum Gasteiger partial charge on any atom is 0.228 e. The molecule has 0 spiro atoms. The molecule has 1 N–H and O–H groups in total. The minimum absolute atomic E-state index is 0.118. The SMILES string of the molecule is O=C(Nc1ccnn1Cc1cccc(Br)c1)C1CCC1. The molecule has 0 aliphatic heterocycles. The highest BCUT2D eigenvalue weighted by atomic mass is 79.9. The van der Waals surface area contributed by atoms with Crippen molar-refractivity contribution in [2.75, 3.05) is 5.32 Å². The van der Waals surface area contributed by atoms with Crippen LogP contribution in [0.4, 0.5) is 5.82 Å². The number of anilines is 1. The van der Waals surface area contributed by atoms with E-state index in [1.807, 2.05) is 28.9 Å². The Morgan fingerprint density at radius 1 is 1.40 bits per heavy atom. The van der Waals surface area contributed by atoms with Gasteiger partial charge in [0.25, 0.3) is 0 Å². The molecule has 1 amide bonds. The monoisotopic (exact) mass is 333 g/mol. The first kappa shape index (κ1) is 13.4. The van der Waals surface area contributed by atoms with Crippen molar-refractivity contribution in [1.82, 2.24) is 9.78 Å². The van der Waals surface area contributed by atoms with Crippen LogP contribution in [0.15, 0.2) is 41.0 Å². The fourth-order valence-electron chi connectivity index (χ4n) is 2.27. The molecule has 0 radical (unpaired) electrons. The number of nitrogens with one attached hydrogen (secondary N) is 1. The average Bonchev–Trinajstić information content (AvgIpc) is 2.74. The highest BCUT2D eigenvalue weighted by Crippen LogP contribution is 2.27. The molecule has 0 unspecified atom stereocenters. The Morgan fingerprint density at radius 2 is 2.25 bits per heavy atom. The second-order valence-corrected chi connectivity index (χ2v) is 6.04. The third-order valence-electron chi connectivity index (χ3n) is 3.67. The average molecular weight is 334 g/mol. The molecular formula is C15H16BrN3O. The Hall–Kier alpha value is -1.62. The van der Waals surface area contributed by atoms with Crippen LogP contribution in [0.2, 0.25) is 0 Å². The summed E-state index contributed by atoms with van der Waals surface area (Å²) in [6.07, 6.45) is 4.89. The Balaban J connectivity index is 1.71. The van der Waals surface area contributed by atoms with E-state index in [1.165, 1.54) is 0 Å². The van der Waals surface area contributed by atoms with E-state index >= 15 is 0 Å². The van der Waals surface area contributed by atoms with Crippen LogP contribution >= 0.6 is 15.9 Å². The van der Waals surface area contributed by atoms with Gasteiger partial charge in [0.05, 0.1) is 12.7 Å². The van der Waals surface area contributed by atoms with Gasteiger partial charge in [0.1, 0.15) is 5.82 Å². The van der Waals surface area contributed by atoms with Gasteiger partial charge in [0, 0.05) is 16.5 Å². The summed E-state index contributed by atoms with van der Waals surface area (Å²) in [5.41, 5.74) is 1.14. The number of amides is 1. The standard InChI is InChI=1S/C15H16BrN3O/c16-13-6-1-3-11(9-13)10-19-14(7-8-17-19)18-15(20)12-4-2-5-12/h1,3,6-9,12H,2,4-5,10H2,(H,18,20). The third kappa shape index (κ3) is 2.93. The minimum Gasteiger partial charge on any atom is -0.311 e. The molecule has 5 heteroatoms. The molecular weight excluding hydrogens is 318 g/mol. The van der Waals surface area contributed by atoms with Crippen molar-refractivity contribution in [1.29, 1.82) is 0 Å². The molecule has 0 bridgehead atoms. The van der Waals surface area contributed by atoms with Crippen molar-refractivity contribution in [3.63, 3.8) is 0 Å². The van der Waals surface area contributed by atoms with Crippen LogP contribution in [0.3, 0.4) is 0 Å². The lowest BCUT2D eigenvalue weighted by atomic mass is 9.85. The number of carbonyl (C=O) groups excluding carboxylic acids is 1. The predicted molar refractivity (Wildman–Crippen MR) is 81.4 cm³/mol. The van der Waals surface area contributed by atoms with Gasteiger partial charge >= 0.3 is 0 Å². The lowest BCUT2D eigenvalue weighted by Gasteiger charge is -2.24. The summed E-state index contributed by atoms with van der Waals surface area (Å²) in [7, 11) is 0. The molecule has 1 saturated carbocycles. The van der Waals surface area contributed by atoms with Crippen LogP contribution in [0.5, 0.6) is 0 Å². The lowest BCUT2D eigenvalue weighted by Crippen LogP contribution is -2.29. The third-order valence-corrected chi connectivity index (χ3v) is 4.16. The quantitative estimate of drug-likeness (QED) is 0.931. The molecule has 20 heavy (non-hydrogen) atoms. The summed E-state index contributed by atoms with van der Waals surface area (Å²) in [4.78, 5) is 12.0. The molecule has 3 rings (SSSR count). The van der Waals surface area contributed by atoms with Gasteiger partial charge in [0.2, 0.25) is 5.91 Å². The summed E-state index contributed by atoms with van der Waals surface area (Å²) in [6, 6.07) is 9.93. The van der Waals surface area contributed by atoms with Gasteiger partial charge < -0.3 is 5.32 Å². The summed E-state index contributed by atoms with van der Waals surface area (Å²) in [5, 5.41) is 7.26. The summed E-state index contributed by atoms with van der Waals surface area (Å²) in [6.45, 7) is 0.646. The van der Waals surface area contributed by atoms with Crippen LogP contribution in [0, 0.1) is 5.92 Å². The van der Waals surface area contributed by atoms with Crippen LogP contribution in [-0.2, 0) is 11.3 Å². The largest absolute Gasteiger partial charge is 0.311 e. The number of carbonyl (C=O) groups is 1. The van der Waals surface area contributed by atoms with E-state index in [2.05, 4.69) is 32.4 Å². The van der Waals surface area contributed by atoms with Gasteiger partial charge in [-0.2, -0.15) is 5.10 Å². The van der Waals surface area contributed by atoms with E-state index in [0.717, 1.165) is 35.1 Å². The molecule has 104 valence electrons. The second kappa shape index (κ2) is 5.79. The fraction of sp³-hybridized carbons (Fsp3) is 0.333. The van der Waals surface area contributed by atoms with Gasteiger partial charge in [-0.3, -0.25) is 4.79 Å². The molecule has 1 aliphatic rings. The molecule has 1 aliphatic carbocycles. The Labute approximate surface area is 126 Å². The number of aromatic nitrogens is 2. The summed E-state index contributed by atoms with van der Waals surface area (Å²) >= 11 is 3.46. The van der Waals surface area contributed by atoms with Gasteiger partial charge in [-0.05, 0) is 30.5 Å². The smallest absolute Gasteiger partial charge is 0.228 e. The molecule has 0 atom stereocenters. The Kier molecular flexibility index (Phi) is 3.87. The zero-order chi connectivity index (χ0) is 13.9. The summed E-state index contributed by atoms with van der Waals surface area (Å²) in [5.74, 6) is 1.07. The zero-order valence-corrected chi connectivity index (χ0v) is 12.6. The number of nitrogens with zero attached hydrogens (tertiary/aromatic N) is 2. The molecule has 1 heterocycles. The number of halogens is 1. The van der Waals surface area contributed by atoms with Gasteiger partial charge in [-0.25, -0.2) is 4.68 Å². The normalized spacial score (nSPS) is 14.8. The molecule has 2 aromatic rings. The van der Waals surface area contributed by atoms with Gasteiger partial charge in [-0.1, -0.05) is 34.5 Å². The fourth-order valence-corrected chi connectivity index (χ4v) is 2.72. The van der Waals surface area contributed by atoms with Gasteiger partial charge in [-0.15, -0.1) is 0 Å². The maximum absolute atomic E-state index is 12.0. The molecule has 1 aromatic heterocycles. The highest BCUT2D eigenvalue weighted by Gasteiger charge is 2.25. The van der Waals surface area contributed by atoms with Crippen LogP contribution in [0.1, 0.15) is 24.8 Å². The van der Waals surface area contributed by atoms with E-state index < -0.39 is 0 Å². The first-order chi connectivity index (χ1) is 9.72.